The first-order chi connectivity index (χ1) is 9.56. The molecule has 0 radical (unpaired) electrons. The smallest absolute Gasteiger partial charge is 0.376 e. The van der Waals surface area contributed by atoms with Crippen LogP contribution in [0.2, 0.25) is 0 Å². The van der Waals surface area contributed by atoms with E-state index in [4.69, 9.17) is 4.74 Å². The number of hydrogen-bond donors (Lipinski definition) is 1. The van der Waals surface area contributed by atoms with E-state index >= 15 is 0 Å². The molecule has 0 fully saturated rings. The van der Waals surface area contributed by atoms with Crippen LogP contribution in [0.3, 0.4) is 0 Å². The maximum atomic E-state index is 11.4. The number of nitrogens with zero attached hydrogens (tertiary/aromatic N) is 2. The maximum absolute atomic E-state index is 11.4. The molecule has 0 amide bonds. The Morgan fingerprint density at radius 2 is 2.10 bits per heavy atom. The number of nitrogens with one attached hydrogen (secondary N) is 1. The molecule has 20 heavy (non-hydrogen) atoms. The van der Waals surface area contributed by atoms with Gasteiger partial charge in [0, 0.05) is 24.7 Å². The molecular weight excluding hydrogens is 262 g/mol. The van der Waals surface area contributed by atoms with Crippen LogP contribution in [-0.4, -0.2) is 42.2 Å². The Kier molecular flexibility index (Phi) is 6.42. The molecule has 0 bridgehead atoms. The van der Waals surface area contributed by atoms with Gasteiger partial charge in [-0.1, -0.05) is 0 Å². The van der Waals surface area contributed by atoms with Crippen LogP contribution in [0.25, 0.3) is 0 Å². The van der Waals surface area contributed by atoms with Crippen molar-refractivity contribution in [2.75, 3.05) is 25.6 Å². The number of hydrogen-bond acceptors (Lipinski definition) is 7. The highest BCUT2D eigenvalue weighted by molar-refractivity contribution is 5.85. The lowest BCUT2D eigenvalue weighted by atomic mass is 10.3. The van der Waals surface area contributed by atoms with E-state index in [1.807, 2.05) is 0 Å². The Labute approximate surface area is 117 Å². The summed E-state index contributed by atoms with van der Waals surface area (Å²) in [5.74, 6) is -0.256. The molecule has 110 valence electrons. The minimum atomic E-state index is -0.580. The zero-order chi connectivity index (χ0) is 15.0. The topological polar surface area (TPSA) is 90.4 Å². The van der Waals surface area contributed by atoms with Crippen molar-refractivity contribution in [1.29, 1.82) is 0 Å². The molecule has 7 heteroatoms. The molecule has 0 atom stereocenters. The zero-order valence-electron chi connectivity index (χ0n) is 11.9. The largest absolute Gasteiger partial charge is 0.466 e. The fourth-order valence-electron chi connectivity index (χ4n) is 1.52. The SMILES string of the molecule is CCOC(=O)CCCNc1cc(C)nc(C(=O)OC)n1. The second-order valence-electron chi connectivity index (χ2n) is 4.05. The second-order valence-corrected chi connectivity index (χ2v) is 4.05. The van der Waals surface area contributed by atoms with Crippen molar-refractivity contribution in [3.05, 3.63) is 17.6 Å². The summed E-state index contributed by atoms with van der Waals surface area (Å²) < 4.78 is 9.40. The molecule has 0 aliphatic carbocycles. The van der Waals surface area contributed by atoms with E-state index in [2.05, 4.69) is 20.0 Å². The van der Waals surface area contributed by atoms with Gasteiger partial charge in [0.05, 0.1) is 13.7 Å². The third-order valence-electron chi connectivity index (χ3n) is 2.39. The normalized spacial score (nSPS) is 9.95. The number of methoxy groups -OCH3 is 1. The van der Waals surface area contributed by atoms with E-state index in [1.165, 1.54) is 7.11 Å². The van der Waals surface area contributed by atoms with E-state index in [-0.39, 0.29) is 11.8 Å². The minimum Gasteiger partial charge on any atom is -0.466 e. The average molecular weight is 281 g/mol. The summed E-state index contributed by atoms with van der Waals surface area (Å²) in [4.78, 5) is 30.6. The van der Waals surface area contributed by atoms with E-state index in [9.17, 15) is 9.59 Å². The summed E-state index contributed by atoms with van der Waals surface area (Å²) in [6.07, 6.45) is 0.963. The number of carbonyl (C=O) groups excluding carboxylic acids is 2. The summed E-state index contributed by atoms with van der Waals surface area (Å²) in [7, 11) is 1.28. The maximum Gasteiger partial charge on any atom is 0.376 e. The first kappa shape index (κ1) is 15.9. The fourth-order valence-corrected chi connectivity index (χ4v) is 1.52. The van der Waals surface area contributed by atoms with Crippen LogP contribution < -0.4 is 5.32 Å². The average Bonchev–Trinajstić information content (AvgIpc) is 2.42. The zero-order valence-corrected chi connectivity index (χ0v) is 11.9. The lowest BCUT2D eigenvalue weighted by molar-refractivity contribution is -0.143. The van der Waals surface area contributed by atoms with Crippen LogP contribution in [0.1, 0.15) is 36.1 Å². The van der Waals surface area contributed by atoms with Crippen molar-refractivity contribution in [2.45, 2.75) is 26.7 Å². The van der Waals surface area contributed by atoms with Crippen molar-refractivity contribution in [1.82, 2.24) is 9.97 Å². The molecule has 7 nitrogen and oxygen atoms in total. The Morgan fingerprint density at radius 3 is 2.75 bits per heavy atom. The number of aryl methyl sites for hydroxylation is 1. The third kappa shape index (κ3) is 5.21. The van der Waals surface area contributed by atoms with Crippen LogP contribution in [-0.2, 0) is 14.3 Å². The Morgan fingerprint density at radius 1 is 1.35 bits per heavy atom. The van der Waals surface area contributed by atoms with Crippen molar-refractivity contribution in [3.63, 3.8) is 0 Å². The molecule has 1 aromatic heterocycles. The number of anilines is 1. The molecule has 0 aromatic carbocycles. The number of rotatable bonds is 7. The van der Waals surface area contributed by atoms with Crippen LogP contribution in [0.15, 0.2) is 6.07 Å². The molecular formula is C13H19N3O4. The molecule has 0 saturated heterocycles. The van der Waals surface area contributed by atoms with Gasteiger partial charge in [-0.15, -0.1) is 0 Å². The molecule has 0 aliphatic heterocycles. The van der Waals surface area contributed by atoms with Crippen LogP contribution in [0, 0.1) is 6.92 Å². The van der Waals surface area contributed by atoms with Gasteiger partial charge in [-0.25, -0.2) is 14.8 Å². The van der Waals surface area contributed by atoms with Gasteiger partial charge < -0.3 is 14.8 Å². The molecule has 1 aromatic rings. The molecule has 0 unspecified atom stereocenters. The highest BCUT2D eigenvalue weighted by Gasteiger charge is 2.11. The summed E-state index contributed by atoms with van der Waals surface area (Å²) in [5, 5.41) is 3.04. The van der Waals surface area contributed by atoms with Crippen molar-refractivity contribution < 1.29 is 19.1 Å². The quantitative estimate of drug-likeness (QED) is 0.595. The van der Waals surface area contributed by atoms with Gasteiger partial charge in [-0.3, -0.25) is 4.79 Å². The summed E-state index contributed by atoms with van der Waals surface area (Å²) >= 11 is 0. The van der Waals surface area contributed by atoms with Crippen molar-refractivity contribution in [2.24, 2.45) is 0 Å². The summed E-state index contributed by atoms with van der Waals surface area (Å²) in [6, 6.07) is 1.72. The van der Waals surface area contributed by atoms with E-state index in [0.29, 0.717) is 37.5 Å². The highest BCUT2D eigenvalue weighted by atomic mass is 16.5. The van der Waals surface area contributed by atoms with Gasteiger partial charge in [0.15, 0.2) is 0 Å². The van der Waals surface area contributed by atoms with Crippen molar-refractivity contribution in [3.8, 4) is 0 Å². The van der Waals surface area contributed by atoms with Gasteiger partial charge in [0.25, 0.3) is 0 Å². The van der Waals surface area contributed by atoms with E-state index in [0.717, 1.165) is 0 Å². The number of ether oxygens (including phenoxy) is 2. The number of esters is 2. The Balaban J connectivity index is 2.49. The van der Waals surface area contributed by atoms with Crippen LogP contribution in [0.5, 0.6) is 0 Å². The molecule has 1 heterocycles. The molecule has 1 N–H and O–H groups in total. The Bertz CT molecular complexity index is 477. The summed E-state index contributed by atoms with van der Waals surface area (Å²) in [6.45, 7) is 4.47. The lowest BCUT2D eigenvalue weighted by Gasteiger charge is -2.07. The molecule has 0 saturated carbocycles. The standard InChI is InChI=1S/C13H19N3O4/c1-4-20-11(17)6-5-7-14-10-8-9(2)15-12(16-10)13(18)19-3/h8H,4-7H2,1-3H3,(H,14,15,16). The van der Waals surface area contributed by atoms with Gasteiger partial charge >= 0.3 is 11.9 Å². The predicted octanol–water partition coefficient (Wildman–Crippen LogP) is 1.33. The monoisotopic (exact) mass is 281 g/mol. The fraction of sp³-hybridized carbons (Fsp3) is 0.538. The van der Waals surface area contributed by atoms with Gasteiger partial charge in [-0.2, -0.15) is 0 Å². The van der Waals surface area contributed by atoms with E-state index < -0.39 is 5.97 Å². The minimum absolute atomic E-state index is 0.0143. The molecule has 0 aliphatic rings. The Hall–Kier alpha value is -2.18. The molecule has 0 spiro atoms. The van der Waals surface area contributed by atoms with Crippen LogP contribution in [0.4, 0.5) is 5.82 Å². The van der Waals surface area contributed by atoms with Crippen molar-refractivity contribution >= 4 is 17.8 Å². The van der Waals surface area contributed by atoms with Gasteiger partial charge in [0.2, 0.25) is 5.82 Å². The third-order valence-corrected chi connectivity index (χ3v) is 2.39. The lowest BCUT2D eigenvalue weighted by Crippen LogP contribution is -2.13. The number of carbonyl (C=O) groups is 2. The highest BCUT2D eigenvalue weighted by Crippen LogP contribution is 2.07. The van der Waals surface area contributed by atoms with Crippen LogP contribution >= 0.6 is 0 Å². The molecule has 1 rings (SSSR count). The first-order valence-electron chi connectivity index (χ1n) is 6.40. The second kappa shape index (κ2) is 8.08. The van der Waals surface area contributed by atoms with Gasteiger partial charge in [0.1, 0.15) is 5.82 Å². The number of aromatic nitrogens is 2. The summed E-state index contributed by atoms with van der Waals surface area (Å²) in [5.41, 5.74) is 0.660. The predicted molar refractivity (Wildman–Crippen MR) is 72.5 cm³/mol. The van der Waals surface area contributed by atoms with Gasteiger partial charge in [-0.05, 0) is 20.3 Å². The van der Waals surface area contributed by atoms with E-state index in [1.54, 1.807) is 19.9 Å². The first-order valence-corrected chi connectivity index (χ1v) is 6.40.